The molecule has 0 aliphatic heterocycles. The minimum atomic E-state index is -0.884. The van der Waals surface area contributed by atoms with E-state index >= 15 is 0 Å². The number of carboxylic acid groups (broad SMARTS) is 1. The normalized spacial score (nSPS) is 10.8. The average Bonchev–Trinajstić information content (AvgIpc) is 2.43. The molecule has 6 nitrogen and oxygen atoms in total. The Morgan fingerprint density at radius 3 is 2.57 bits per heavy atom. The number of carboxylic acids is 1. The second-order valence-electron chi connectivity index (χ2n) is 5.29. The van der Waals surface area contributed by atoms with E-state index in [1.54, 1.807) is 45.2 Å². The maximum absolute atomic E-state index is 11.8. The maximum atomic E-state index is 11.8. The Morgan fingerprint density at radius 2 is 1.95 bits per heavy atom. The van der Waals surface area contributed by atoms with Gasteiger partial charge in [-0.1, -0.05) is 6.07 Å². The lowest BCUT2D eigenvalue weighted by molar-refractivity contribution is -0.138. The highest BCUT2D eigenvalue weighted by Gasteiger charge is 2.21. The second kappa shape index (κ2) is 7.52. The molecule has 6 heteroatoms. The van der Waals surface area contributed by atoms with E-state index in [4.69, 9.17) is 14.6 Å². The van der Waals surface area contributed by atoms with Crippen LogP contribution in [0.25, 0.3) is 0 Å². The smallest absolute Gasteiger partial charge is 0.303 e. The Labute approximate surface area is 124 Å². The number of carbonyl (C=O) groups excluding carboxylic acids is 1. The third kappa shape index (κ3) is 6.65. The molecule has 0 saturated carbocycles. The topological polar surface area (TPSA) is 84.9 Å². The highest BCUT2D eigenvalue weighted by molar-refractivity contribution is 5.78. The summed E-state index contributed by atoms with van der Waals surface area (Å²) in [6, 6.07) is 6.96. The lowest BCUT2D eigenvalue weighted by Gasteiger charge is -2.25. The van der Waals surface area contributed by atoms with Crippen LogP contribution >= 0.6 is 0 Å². The minimum Gasteiger partial charge on any atom is -0.497 e. The van der Waals surface area contributed by atoms with Gasteiger partial charge in [-0.2, -0.15) is 0 Å². The zero-order valence-corrected chi connectivity index (χ0v) is 12.5. The number of hydrogen-bond donors (Lipinski definition) is 2. The molecular weight excluding hydrogens is 274 g/mol. The summed E-state index contributed by atoms with van der Waals surface area (Å²) >= 11 is 0. The van der Waals surface area contributed by atoms with Crippen LogP contribution in [0, 0.1) is 0 Å². The van der Waals surface area contributed by atoms with Crippen LogP contribution in [0.3, 0.4) is 0 Å². The number of ether oxygens (including phenoxy) is 2. The van der Waals surface area contributed by atoms with Gasteiger partial charge in [0.2, 0.25) is 0 Å². The summed E-state index contributed by atoms with van der Waals surface area (Å²) in [7, 11) is 1.55. The van der Waals surface area contributed by atoms with Crippen molar-refractivity contribution in [3.05, 3.63) is 24.3 Å². The summed E-state index contributed by atoms with van der Waals surface area (Å²) in [5.41, 5.74) is -0.590. The first kappa shape index (κ1) is 16.8. The van der Waals surface area contributed by atoms with Crippen LogP contribution in [-0.4, -0.2) is 36.2 Å². The zero-order valence-electron chi connectivity index (χ0n) is 12.5. The van der Waals surface area contributed by atoms with Crippen LogP contribution in [0.1, 0.15) is 26.7 Å². The van der Waals surface area contributed by atoms with Crippen molar-refractivity contribution in [2.24, 2.45) is 0 Å². The molecule has 0 spiro atoms. The van der Waals surface area contributed by atoms with E-state index in [0.29, 0.717) is 17.9 Å². The van der Waals surface area contributed by atoms with Gasteiger partial charge in [0, 0.05) is 18.0 Å². The molecule has 1 aromatic rings. The van der Waals surface area contributed by atoms with Crippen LogP contribution < -0.4 is 14.8 Å². The molecule has 1 aromatic carbocycles. The van der Waals surface area contributed by atoms with E-state index in [2.05, 4.69) is 5.32 Å². The molecule has 0 bridgehead atoms. The van der Waals surface area contributed by atoms with Crippen molar-refractivity contribution in [3.8, 4) is 11.5 Å². The largest absolute Gasteiger partial charge is 0.497 e. The van der Waals surface area contributed by atoms with E-state index in [9.17, 15) is 9.59 Å². The number of rotatable bonds is 8. The predicted octanol–water partition coefficient (Wildman–Crippen LogP) is 1.83. The standard InChI is InChI=1S/C15H21NO5/c1-15(2,8-7-14(18)19)16-13(17)10-21-12-6-4-5-11(9-12)20-3/h4-6,9H,7-8,10H2,1-3H3,(H,16,17)(H,18,19). The molecule has 0 fully saturated rings. The average molecular weight is 295 g/mol. The van der Waals surface area contributed by atoms with Gasteiger partial charge in [-0.05, 0) is 32.4 Å². The fourth-order valence-corrected chi connectivity index (χ4v) is 1.74. The summed E-state index contributed by atoms with van der Waals surface area (Å²) < 4.78 is 10.4. The third-order valence-electron chi connectivity index (χ3n) is 2.85. The third-order valence-corrected chi connectivity index (χ3v) is 2.85. The summed E-state index contributed by atoms with van der Waals surface area (Å²) in [6.45, 7) is 3.42. The van der Waals surface area contributed by atoms with Crippen molar-refractivity contribution < 1.29 is 24.2 Å². The summed E-state index contributed by atoms with van der Waals surface area (Å²) in [4.78, 5) is 22.4. The highest BCUT2D eigenvalue weighted by Crippen LogP contribution is 2.18. The van der Waals surface area contributed by atoms with E-state index < -0.39 is 11.5 Å². The van der Waals surface area contributed by atoms with E-state index in [0.717, 1.165) is 0 Å². The minimum absolute atomic E-state index is 0.00399. The zero-order chi connectivity index (χ0) is 15.9. The van der Waals surface area contributed by atoms with Gasteiger partial charge >= 0.3 is 5.97 Å². The molecule has 0 atom stereocenters. The van der Waals surface area contributed by atoms with Gasteiger partial charge < -0.3 is 19.9 Å². The van der Waals surface area contributed by atoms with Crippen LogP contribution in [0.4, 0.5) is 0 Å². The van der Waals surface area contributed by atoms with Crippen LogP contribution in [0.15, 0.2) is 24.3 Å². The molecular formula is C15H21NO5. The number of nitrogens with one attached hydrogen (secondary N) is 1. The number of hydrogen-bond acceptors (Lipinski definition) is 4. The predicted molar refractivity (Wildman–Crippen MR) is 77.6 cm³/mol. The molecule has 1 rings (SSSR count). The molecule has 21 heavy (non-hydrogen) atoms. The fourth-order valence-electron chi connectivity index (χ4n) is 1.74. The Hall–Kier alpha value is -2.24. The monoisotopic (exact) mass is 295 g/mol. The number of methoxy groups -OCH3 is 1. The summed E-state index contributed by atoms with van der Waals surface area (Å²) in [6.07, 6.45) is 0.358. The molecule has 0 aromatic heterocycles. The first-order chi connectivity index (χ1) is 9.82. The van der Waals surface area contributed by atoms with Gasteiger partial charge in [0.25, 0.3) is 5.91 Å². The molecule has 0 heterocycles. The van der Waals surface area contributed by atoms with Gasteiger partial charge in [0.1, 0.15) is 11.5 Å². The Bertz CT molecular complexity index is 499. The van der Waals surface area contributed by atoms with Crippen molar-refractivity contribution in [1.29, 1.82) is 0 Å². The number of benzene rings is 1. The molecule has 0 aliphatic carbocycles. The first-order valence-corrected chi connectivity index (χ1v) is 6.62. The van der Waals surface area contributed by atoms with Crippen LogP contribution in [0.2, 0.25) is 0 Å². The van der Waals surface area contributed by atoms with Crippen LogP contribution in [-0.2, 0) is 9.59 Å². The molecule has 2 N–H and O–H groups in total. The SMILES string of the molecule is COc1cccc(OCC(=O)NC(C)(C)CCC(=O)O)c1. The second-order valence-corrected chi connectivity index (χ2v) is 5.29. The molecule has 0 saturated heterocycles. The number of carbonyl (C=O) groups is 2. The van der Waals surface area contributed by atoms with Gasteiger partial charge in [0.15, 0.2) is 6.61 Å². The Morgan fingerprint density at radius 1 is 1.29 bits per heavy atom. The summed E-state index contributed by atoms with van der Waals surface area (Å²) in [5.74, 6) is 0.000650. The van der Waals surface area contributed by atoms with Gasteiger partial charge in [0.05, 0.1) is 7.11 Å². The summed E-state index contributed by atoms with van der Waals surface area (Å²) in [5, 5.41) is 11.4. The van der Waals surface area contributed by atoms with Crippen molar-refractivity contribution in [3.63, 3.8) is 0 Å². The Balaban J connectivity index is 2.44. The highest BCUT2D eigenvalue weighted by atomic mass is 16.5. The van der Waals surface area contributed by atoms with Gasteiger partial charge in [-0.25, -0.2) is 0 Å². The van der Waals surface area contributed by atoms with Crippen molar-refractivity contribution in [2.45, 2.75) is 32.2 Å². The first-order valence-electron chi connectivity index (χ1n) is 6.62. The van der Waals surface area contributed by atoms with Crippen LogP contribution in [0.5, 0.6) is 11.5 Å². The fraction of sp³-hybridized carbons (Fsp3) is 0.467. The van der Waals surface area contributed by atoms with Crippen molar-refractivity contribution >= 4 is 11.9 Å². The van der Waals surface area contributed by atoms with Crippen molar-refractivity contribution in [2.75, 3.05) is 13.7 Å². The number of aliphatic carboxylic acids is 1. The molecule has 0 unspecified atom stereocenters. The molecule has 116 valence electrons. The Kier molecular flexibility index (Phi) is 6.02. The van der Waals surface area contributed by atoms with Gasteiger partial charge in [-0.15, -0.1) is 0 Å². The lowest BCUT2D eigenvalue weighted by Crippen LogP contribution is -2.45. The van der Waals surface area contributed by atoms with E-state index in [1.165, 1.54) is 0 Å². The van der Waals surface area contributed by atoms with Crippen molar-refractivity contribution in [1.82, 2.24) is 5.32 Å². The van der Waals surface area contributed by atoms with E-state index in [1.807, 2.05) is 0 Å². The number of amides is 1. The van der Waals surface area contributed by atoms with Gasteiger partial charge in [-0.3, -0.25) is 9.59 Å². The van der Waals surface area contributed by atoms with E-state index in [-0.39, 0.29) is 18.9 Å². The quantitative estimate of drug-likeness (QED) is 0.764. The molecule has 0 radical (unpaired) electrons. The maximum Gasteiger partial charge on any atom is 0.303 e. The molecule has 0 aliphatic rings. The lowest BCUT2D eigenvalue weighted by atomic mass is 9.98. The molecule has 1 amide bonds.